The van der Waals surface area contributed by atoms with Gasteiger partial charge in [0.05, 0.1) is 17.3 Å². The van der Waals surface area contributed by atoms with Crippen molar-refractivity contribution in [3.05, 3.63) is 59.1 Å². The summed E-state index contributed by atoms with van der Waals surface area (Å²) in [6.07, 6.45) is 0.982. The molecule has 22 heavy (non-hydrogen) atoms. The quantitative estimate of drug-likeness (QED) is 0.812. The normalized spacial score (nSPS) is 10.5. The molecule has 2 aromatic carbocycles. The zero-order chi connectivity index (χ0) is 15.9. The lowest BCUT2D eigenvalue weighted by Gasteiger charge is -2.10. The van der Waals surface area contributed by atoms with Gasteiger partial charge >= 0.3 is 0 Å². The van der Waals surface area contributed by atoms with Gasteiger partial charge in [0.2, 0.25) is 0 Å². The largest absolute Gasteiger partial charge is 0.494 e. The van der Waals surface area contributed by atoms with E-state index in [1.807, 2.05) is 24.3 Å². The van der Waals surface area contributed by atoms with Gasteiger partial charge in [-0.15, -0.1) is 0 Å². The van der Waals surface area contributed by atoms with Crippen molar-refractivity contribution in [3.8, 4) is 5.75 Å². The van der Waals surface area contributed by atoms with E-state index in [0.717, 1.165) is 6.42 Å². The van der Waals surface area contributed by atoms with Gasteiger partial charge in [-0.05, 0) is 42.7 Å². The average Bonchev–Trinajstić information content (AvgIpc) is 2.49. The Kier molecular flexibility index (Phi) is 5.84. The molecule has 4 heteroatoms. The highest BCUT2D eigenvalue weighted by atomic mass is 35.5. The van der Waals surface area contributed by atoms with E-state index in [1.54, 1.807) is 24.3 Å². The standard InChI is InChI=1S/C18H20ClNO2/c1-13(2)10-11-22-15-7-5-6-14(12-15)18(21)20-17-9-4-3-8-16(17)19/h3-9,12-13H,10-11H2,1-2H3,(H,20,21). The van der Waals surface area contributed by atoms with Gasteiger partial charge in [-0.2, -0.15) is 0 Å². The van der Waals surface area contributed by atoms with Gasteiger partial charge in [-0.3, -0.25) is 4.79 Å². The Hall–Kier alpha value is -2.00. The van der Waals surface area contributed by atoms with Crippen molar-refractivity contribution in [1.29, 1.82) is 0 Å². The Labute approximate surface area is 136 Å². The second-order valence-corrected chi connectivity index (χ2v) is 5.90. The van der Waals surface area contributed by atoms with E-state index in [1.165, 1.54) is 0 Å². The number of carbonyl (C=O) groups excluding carboxylic acids is 1. The van der Waals surface area contributed by atoms with Crippen LogP contribution in [-0.4, -0.2) is 12.5 Å². The van der Waals surface area contributed by atoms with Crippen LogP contribution in [0, 0.1) is 5.92 Å². The van der Waals surface area contributed by atoms with Crippen molar-refractivity contribution in [3.63, 3.8) is 0 Å². The van der Waals surface area contributed by atoms with Crippen molar-refractivity contribution in [1.82, 2.24) is 0 Å². The summed E-state index contributed by atoms with van der Waals surface area (Å²) in [5.41, 5.74) is 1.14. The number of rotatable bonds is 6. The van der Waals surface area contributed by atoms with Crippen molar-refractivity contribution in [2.75, 3.05) is 11.9 Å². The highest BCUT2D eigenvalue weighted by molar-refractivity contribution is 6.33. The minimum Gasteiger partial charge on any atom is -0.494 e. The molecule has 1 N–H and O–H groups in total. The molecule has 0 radical (unpaired) electrons. The van der Waals surface area contributed by atoms with E-state index in [4.69, 9.17) is 16.3 Å². The molecular formula is C18H20ClNO2. The number of ether oxygens (including phenoxy) is 1. The maximum Gasteiger partial charge on any atom is 0.255 e. The minimum atomic E-state index is -0.206. The molecule has 3 nitrogen and oxygen atoms in total. The molecule has 0 atom stereocenters. The second-order valence-electron chi connectivity index (χ2n) is 5.49. The molecular weight excluding hydrogens is 298 g/mol. The monoisotopic (exact) mass is 317 g/mol. The van der Waals surface area contributed by atoms with Gasteiger partial charge in [0.15, 0.2) is 0 Å². The Morgan fingerprint density at radius 1 is 1.18 bits per heavy atom. The third kappa shape index (κ3) is 4.78. The van der Waals surface area contributed by atoms with Crippen LogP contribution < -0.4 is 10.1 Å². The Balaban J connectivity index is 2.02. The maximum atomic E-state index is 12.3. The molecule has 0 saturated heterocycles. The molecule has 0 aliphatic heterocycles. The van der Waals surface area contributed by atoms with E-state index < -0.39 is 0 Å². The summed E-state index contributed by atoms with van der Waals surface area (Å²) in [5.74, 6) is 1.08. The van der Waals surface area contributed by atoms with Gasteiger partial charge in [-0.25, -0.2) is 0 Å². The molecule has 0 heterocycles. The molecule has 0 saturated carbocycles. The third-order valence-electron chi connectivity index (χ3n) is 3.18. The molecule has 0 spiro atoms. The number of nitrogens with one attached hydrogen (secondary N) is 1. The van der Waals surface area contributed by atoms with Crippen molar-refractivity contribution in [2.45, 2.75) is 20.3 Å². The fourth-order valence-electron chi connectivity index (χ4n) is 1.90. The fraction of sp³-hybridized carbons (Fsp3) is 0.278. The zero-order valence-electron chi connectivity index (χ0n) is 12.8. The summed E-state index contributed by atoms with van der Waals surface area (Å²) in [7, 11) is 0. The number of hydrogen-bond donors (Lipinski definition) is 1. The van der Waals surface area contributed by atoms with E-state index >= 15 is 0 Å². The molecule has 116 valence electrons. The molecule has 0 aliphatic rings. The van der Waals surface area contributed by atoms with E-state index in [0.29, 0.717) is 34.5 Å². The third-order valence-corrected chi connectivity index (χ3v) is 3.51. The first kappa shape index (κ1) is 16.4. The lowest BCUT2D eigenvalue weighted by Crippen LogP contribution is -2.12. The molecule has 2 rings (SSSR count). The van der Waals surface area contributed by atoms with Gasteiger partial charge in [0, 0.05) is 5.56 Å². The zero-order valence-corrected chi connectivity index (χ0v) is 13.6. The molecule has 0 unspecified atom stereocenters. The average molecular weight is 318 g/mol. The van der Waals surface area contributed by atoms with E-state index in [-0.39, 0.29) is 5.91 Å². The summed E-state index contributed by atoms with van der Waals surface area (Å²) in [6.45, 7) is 4.95. The van der Waals surface area contributed by atoms with Crippen LogP contribution in [0.2, 0.25) is 5.02 Å². The molecule has 2 aromatic rings. The molecule has 0 bridgehead atoms. The Morgan fingerprint density at radius 3 is 2.68 bits per heavy atom. The summed E-state index contributed by atoms with van der Waals surface area (Å²) < 4.78 is 5.68. The number of benzene rings is 2. The first-order valence-electron chi connectivity index (χ1n) is 7.35. The number of hydrogen-bond acceptors (Lipinski definition) is 2. The van der Waals surface area contributed by atoms with Gasteiger partial charge in [-0.1, -0.05) is 43.6 Å². The van der Waals surface area contributed by atoms with Crippen LogP contribution in [0.15, 0.2) is 48.5 Å². The summed E-state index contributed by atoms with van der Waals surface area (Å²) in [6, 6.07) is 14.3. The highest BCUT2D eigenvalue weighted by Gasteiger charge is 2.09. The first-order chi connectivity index (χ1) is 10.6. The smallest absolute Gasteiger partial charge is 0.255 e. The number of amides is 1. The topological polar surface area (TPSA) is 38.3 Å². The van der Waals surface area contributed by atoms with Crippen LogP contribution in [0.5, 0.6) is 5.75 Å². The molecule has 0 fully saturated rings. The molecule has 1 amide bonds. The van der Waals surface area contributed by atoms with Crippen LogP contribution >= 0.6 is 11.6 Å². The molecule has 0 aromatic heterocycles. The maximum absolute atomic E-state index is 12.3. The summed E-state index contributed by atoms with van der Waals surface area (Å²) in [4.78, 5) is 12.3. The van der Waals surface area contributed by atoms with Crippen molar-refractivity contribution in [2.24, 2.45) is 5.92 Å². The Morgan fingerprint density at radius 2 is 1.95 bits per heavy atom. The Bertz CT molecular complexity index is 640. The van der Waals surface area contributed by atoms with Crippen LogP contribution in [0.1, 0.15) is 30.6 Å². The second kappa shape index (κ2) is 7.85. The number of halogens is 1. The SMILES string of the molecule is CC(C)CCOc1cccc(C(=O)Nc2ccccc2Cl)c1. The van der Waals surface area contributed by atoms with Crippen molar-refractivity contribution < 1.29 is 9.53 Å². The minimum absolute atomic E-state index is 0.206. The first-order valence-corrected chi connectivity index (χ1v) is 7.73. The summed E-state index contributed by atoms with van der Waals surface area (Å²) >= 11 is 6.05. The number of anilines is 1. The van der Waals surface area contributed by atoms with Gasteiger partial charge in [0.1, 0.15) is 5.75 Å². The van der Waals surface area contributed by atoms with E-state index in [2.05, 4.69) is 19.2 Å². The predicted octanol–water partition coefficient (Wildman–Crippen LogP) is 5.02. The van der Waals surface area contributed by atoms with Crippen LogP contribution in [0.3, 0.4) is 0 Å². The van der Waals surface area contributed by atoms with Crippen LogP contribution in [0.4, 0.5) is 5.69 Å². The lowest BCUT2D eigenvalue weighted by atomic mass is 10.1. The van der Waals surface area contributed by atoms with E-state index in [9.17, 15) is 4.79 Å². The highest BCUT2D eigenvalue weighted by Crippen LogP contribution is 2.22. The predicted molar refractivity (Wildman–Crippen MR) is 90.8 cm³/mol. The molecule has 0 aliphatic carbocycles. The number of carbonyl (C=O) groups is 1. The summed E-state index contributed by atoms with van der Waals surface area (Å²) in [5, 5.41) is 3.32. The van der Waals surface area contributed by atoms with Gasteiger partial charge in [0.25, 0.3) is 5.91 Å². The van der Waals surface area contributed by atoms with Crippen molar-refractivity contribution >= 4 is 23.2 Å². The lowest BCUT2D eigenvalue weighted by molar-refractivity contribution is 0.102. The van der Waals surface area contributed by atoms with Gasteiger partial charge < -0.3 is 10.1 Å². The number of para-hydroxylation sites is 1. The fourth-order valence-corrected chi connectivity index (χ4v) is 2.08. The van der Waals surface area contributed by atoms with Crippen LogP contribution in [0.25, 0.3) is 0 Å². The van der Waals surface area contributed by atoms with Crippen LogP contribution in [-0.2, 0) is 0 Å².